The third-order valence-electron chi connectivity index (χ3n) is 5.45. The summed E-state index contributed by atoms with van der Waals surface area (Å²) in [6.07, 6.45) is 7.65. The van der Waals surface area contributed by atoms with Gasteiger partial charge in [0.25, 0.3) is 5.91 Å². The molecule has 8 heteroatoms. The van der Waals surface area contributed by atoms with Gasteiger partial charge < -0.3 is 20.9 Å². The summed E-state index contributed by atoms with van der Waals surface area (Å²) >= 11 is 0. The van der Waals surface area contributed by atoms with Gasteiger partial charge in [0.15, 0.2) is 5.96 Å². The largest absolute Gasteiger partial charge is 0.356 e. The number of hydrogen-bond donors (Lipinski definition) is 3. The van der Waals surface area contributed by atoms with Crippen LogP contribution in [0.5, 0.6) is 0 Å². The van der Waals surface area contributed by atoms with E-state index in [0.717, 1.165) is 12.0 Å². The third-order valence-corrected chi connectivity index (χ3v) is 5.45. The Labute approximate surface area is 203 Å². The summed E-state index contributed by atoms with van der Waals surface area (Å²) in [5.41, 5.74) is 1.80. The van der Waals surface area contributed by atoms with Gasteiger partial charge in [-0.15, -0.1) is 24.0 Å². The highest BCUT2D eigenvalue weighted by Gasteiger charge is 2.16. The van der Waals surface area contributed by atoms with Gasteiger partial charge >= 0.3 is 0 Å². The first-order valence-corrected chi connectivity index (χ1v) is 11.0. The summed E-state index contributed by atoms with van der Waals surface area (Å²) < 4.78 is 0. The lowest BCUT2D eigenvalue weighted by atomic mass is 9.87. The molecule has 0 heterocycles. The normalized spacial score (nSPS) is 14.4. The monoisotopic (exact) mass is 543 g/mol. The number of carbonyl (C=O) groups excluding carboxylic acids is 2. The van der Waals surface area contributed by atoms with Crippen molar-refractivity contribution in [3.05, 3.63) is 35.4 Å². The SMILES string of the molecule is CN=C(NCCNC(=O)CC1CCCCC1)NCCc1cccc(C(=O)N(C)C)c1.I. The lowest BCUT2D eigenvalue weighted by Crippen LogP contribution is -2.42. The van der Waals surface area contributed by atoms with Crippen LogP contribution in [0.1, 0.15) is 54.4 Å². The molecule has 2 amide bonds. The quantitative estimate of drug-likeness (QED) is 0.194. The van der Waals surface area contributed by atoms with Gasteiger partial charge in [-0.3, -0.25) is 14.6 Å². The van der Waals surface area contributed by atoms with Crippen LogP contribution in [-0.2, 0) is 11.2 Å². The number of aliphatic imine (C=N–C) groups is 1. The number of guanidine groups is 1. The summed E-state index contributed by atoms with van der Waals surface area (Å²) in [4.78, 5) is 29.9. The molecular formula is C23H38IN5O2. The second-order valence-electron chi connectivity index (χ2n) is 8.13. The molecule has 0 atom stereocenters. The Morgan fingerprint density at radius 1 is 1.03 bits per heavy atom. The minimum absolute atomic E-state index is 0. The van der Waals surface area contributed by atoms with Crippen molar-refractivity contribution in [1.29, 1.82) is 0 Å². The minimum Gasteiger partial charge on any atom is -0.356 e. The summed E-state index contributed by atoms with van der Waals surface area (Å²) in [5.74, 6) is 1.43. The van der Waals surface area contributed by atoms with Gasteiger partial charge in [-0.1, -0.05) is 31.4 Å². The fourth-order valence-electron chi connectivity index (χ4n) is 3.77. The van der Waals surface area contributed by atoms with Gasteiger partial charge in [0.1, 0.15) is 0 Å². The second-order valence-corrected chi connectivity index (χ2v) is 8.13. The minimum atomic E-state index is 0. The molecule has 0 saturated heterocycles. The topological polar surface area (TPSA) is 85.8 Å². The molecule has 0 radical (unpaired) electrons. The van der Waals surface area contributed by atoms with Gasteiger partial charge in [-0.2, -0.15) is 0 Å². The van der Waals surface area contributed by atoms with E-state index in [4.69, 9.17) is 0 Å². The van der Waals surface area contributed by atoms with Crippen molar-refractivity contribution in [2.24, 2.45) is 10.9 Å². The number of rotatable bonds is 9. The molecular weight excluding hydrogens is 505 g/mol. The Morgan fingerprint density at radius 3 is 2.39 bits per heavy atom. The van der Waals surface area contributed by atoms with Gasteiger partial charge in [-0.05, 0) is 42.9 Å². The van der Waals surface area contributed by atoms with E-state index in [2.05, 4.69) is 20.9 Å². The predicted molar refractivity (Wildman–Crippen MR) is 137 cm³/mol. The van der Waals surface area contributed by atoms with E-state index in [1.807, 2.05) is 24.3 Å². The number of carbonyl (C=O) groups is 2. The Bertz CT molecular complexity index is 718. The highest BCUT2D eigenvalue weighted by Crippen LogP contribution is 2.25. The summed E-state index contributed by atoms with van der Waals surface area (Å²) in [5, 5.41) is 9.49. The van der Waals surface area contributed by atoms with Crippen LogP contribution in [0, 0.1) is 5.92 Å². The summed E-state index contributed by atoms with van der Waals surface area (Å²) in [7, 11) is 5.24. The molecule has 1 fully saturated rings. The van der Waals surface area contributed by atoms with Crippen LogP contribution >= 0.6 is 24.0 Å². The van der Waals surface area contributed by atoms with Crippen LogP contribution in [0.15, 0.2) is 29.3 Å². The zero-order chi connectivity index (χ0) is 21.8. The van der Waals surface area contributed by atoms with E-state index in [-0.39, 0.29) is 35.8 Å². The van der Waals surface area contributed by atoms with Gasteiger partial charge in [-0.25, -0.2) is 0 Å². The molecule has 1 aromatic carbocycles. The number of hydrogen-bond acceptors (Lipinski definition) is 3. The smallest absolute Gasteiger partial charge is 0.253 e. The first-order chi connectivity index (χ1) is 14.5. The van der Waals surface area contributed by atoms with E-state index in [1.54, 1.807) is 26.0 Å². The molecule has 2 rings (SSSR count). The molecule has 7 nitrogen and oxygen atoms in total. The molecule has 0 aromatic heterocycles. The van der Waals surface area contributed by atoms with Crippen LogP contribution < -0.4 is 16.0 Å². The van der Waals surface area contributed by atoms with E-state index in [1.165, 1.54) is 32.1 Å². The predicted octanol–water partition coefficient (Wildman–Crippen LogP) is 2.80. The van der Waals surface area contributed by atoms with Crippen molar-refractivity contribution >= 4 is 41.8 Å². The maximum absolute atomic E-state index is 12.1. The first kappa shape index (κ1) is 27.2. The fourth-order valence-corrected chi connectivity index (χ4v) is 3.77. The van der Waals surface area contributed by atoms with E-state index in [9.17, 15) is 9.59 Å². The van der Waals surface area contributed by atoms with Gasteiger partial charge in [0, 0.05) is 52.8 Å². The van der Waals surface area contributed by atoms with Gasteiger partial charge in [0.2, 0.25) is 5.91 Å². The average Bonchev–Trinajstić information content (AvgIpc) is 2.75. The number of amides is 2. The zero-order valence-electron chi connectivity index (χ0n) is 19.1. The molecule has 0 spiro atoms. The van der Waals surface area contributed by atoms with Crippen molar-refractivity contribution in [3.8, 4) is 0 Å². The van der Waals surface area contributed by atoms with Crippen LogP contribution in [0.4, 0.5) is 0 Å². The Balaban J connectivity index is 0.00000480. The highest BCUT2D eigenvalue weighted by atomic mass is 127. The molecule has 0 aliphatic heterocycles. The molecule has 1 aliphatic carbocycles. The van der Waals surface area contributed by atoms with Crippen molar-refractivity contribution in [2.45, 2.75) is 44.9 Å². The zero-order valence-corrected chi connectivity index (χ0v) is 21.4. The van der Waals surface area contributed by atoms with Crippen LogP contribution in [0.2, 0.25) is 0 Å². The van der Waals surface area contributed by atoms with Crippen LogP contribution in [-0.4, -0.2) is 63.5 Å². The Kier molecular flexibility index (Phi) is 13.2. The summed E-state index contributed by atoms with van der Waals surface area (Å²) in [6.45, 7) is 1.91. The number of halogens is 1. The Hall–Kier alpha value is -1.84. The maximum atomic E-state index is 12.1. The van der Waals surface area contributed by atoms with Crippen molar-refractivity contribution in [2.75, 3.05) is 40.8 Å². The number of nitrogens with one attached hydrogen (secondary N) is 3. The maximum Gasteiger partial charge on any atom is 0.253 e. The molecule has 0 unspecified atom stereocenters. The number of nitrogens with zero attached hydrogens (tertiary/aromatic N) is 2. The van der Waals surface area contributed by atoms with Crippen LogP contribution in [0.25, 0.3) is 0 Å². The Morgan fingerprint density at radius 2 is 1.71 bits per heavy atom. The van der Waals surface area contributed by atoms with E-state index < -0.39 is 0 Å². The third kappa shape index (κ3) is 10.3. The van der Waals surface area contributed by atoms with Crippen LogP contribution in [0.3, 0.4) is 0 Å². The first-order valence-electron chi connectivity index (χ1n) is 11.0. The second kappa shape index (κ2) is 15.0. The molecule has 31 heavy (non-hydrogen) atoms. The van der Waals surface area contributed by atoms with Crippen molar-refractivity contribution < 1.29 is 9.59 Å². The van der Waals surface area contributed by atoms with E-state index in [0.29, 0.717) is 43.5 Å². The number of benzene rings is 1. The van der Waals surface area contributed by atoms with Gasteiger partial charge in [0.05, 0.1) is 0 Å². The highest BCUT2D eigenvalue weighted by molar-refractivity contribution is 14.0. The molecule has 1 aliphatic rings. The fraction of sp³-hybridized carbons (Fsp3) is 0.609. The molecule has 1 aromatic rings. The molecule has 174 valence electrons. The lowest BCUT2D eigenvalue weighted by molar-refractivity contribution is -0.122. The molecule has 3 N–H and O–H groups in total. The lowest BCUT2D eigenvalue weighted by Gasteiger charge is -2.20. The molecule has 1 saturated carbocycles. The average molecular weight is 543 g/mol. The molecule has 0 bridgehead atoms. The van der Waals surface area contributed by atoms with E-state index >= 15 is 0 Å². The standard InChI is InChI=1S/C23H37N5O2.HI/c1-24-23(27-15-14-25-21(29)17-18-8-5-4-6-9-18)26-13-12-19-10-7-11-20(16-19)22(30)28(2)3;/h7,10-11,16,18H,4-6,8-9,12-15,17H2,1-3H3,(H,25,29)(H2,24,26,27);1H. The van der Waals surface area contributed by atoms with Crippen molar-refractivity contribution in [1.82, 2.24) is 20.9 Å². The van der Waals surface area contributed by atoms with Crippen molar-refractivity contribution in [3.63, 3.8) is 0 Å². The summed E-state index contributed by atoms with van der Waals surface area (Å²) in [6, 6.07) is 7.70.